The lowest BCUT2D eigenvalue weighted by molar-refractivity contribution is 0.0718. The van der Waals surface area contributed by atoms with Crippen LogP contribution in [0.1, 0.15) is 16.1 Å². The van der Waals surface area contributed by atoms with Gasteiger partial charge < -0.3 is 9.64 Å². The number of carbonyl (C=O) groups excluding carboxylic acids is 1. The van der Waals surface area contributed by atoms with Crippen molar-refractivity contribution in [2.75, 3.05) is 26.8 Å². The standard InChI is InChI=1S/C13H17ClN2O2/c1-4-5-16(6-7-18-3)13(17)11-8-10(2)15-12(14)9-11/h4,8-9H,1,5-7H2,2-3H3. The molecule has 1 rings (SSSR count). The minimum Gasteiger partial charge on any atom is -0.383 e. The summed E-state index contributed by atoms with van der Waals surface area (Å²) in [6.07, 6.45) is 1.68. The van der Waals surface area contributed by atoms with Crippen LogP contribution in [-0.2, 0) is 4.74 Å². The molecule has 1 aromatic rings. The Kier molecular flexibility index (Phi) is 5.82. The molecule has 0 aliphatic carbocycles. The summed E-state index contributed by atoms with van der Waals surface area (Å²) < 4.78 is 4.99. The summed E-state index contributed by atoms with van der Waals surface area (Å²) >= 11 is 5.85. The van der Waals surface area contributed by atoms with Crippen LogP contribution in [0.5, 0.6) is 0 Å². The highest BCUT2D eigenvalue weighted by Crippen LogP contribution is 2.12. The molecule has 0 fully saturated rings. The lowest BCUT2D eigenvalue weighted by atomic mass is 10.2. The summed E-state index contributed by atoms with van der Waals surface area (Å²) in [5.74, 6) is -0.0978. The van der Waals surface area contributed by atoms with Gasteiger partial charge in [-0.15, -0.1) is 6.58 Å². The number of aromatic nitrogens is 1. The van der Waals surface area contributed by atoms with Gasteiger partial charge in [0.1, 0.15) is 5.15 Å². The summed E-state index contributed by atoms with van der Waals surface area (Å²) in [7, 11) is 1.60. The molecule has 0 bridgehead atoms. The first-order chi connectivity index (χ1) is 8.58. The fourth-order valence-corrected chi connectivity index (χ4v) is 1.82. The third kappa shape index (κ3) is 4.13. The maximum atomic E-state index is 12.3. The SMILES string of the molecule is C=CCN(CCOC)C(=O)c1cc(C)nc(Cl)c1. The summed E-state index contributed by atoms with van der Waals surface area (Å²) in [5.41, 5.74) is 1.25. The van der Waals surface area contributed by atoms with E-state index in [0.29, 0.717) is 30.4 Å². The van der Waals surface area contributed by atoms with Crippen molar-refractivity contribution < 1.29 is 9.53 Å². The zero-order valence-electron chi connectivity index (χ0n) is 10.6. The van der Waals surface area contributed by atoms with Crippen molar-refractivity contribution in [1.29, 1.82) is 0 Å². The summed E-state index contributed by atoms with van der Waals surface area (Å²) in [4.78, 5) is 18.0. The molecule has 0 aliphatic rings. The number of carbonyl (C=O) groups is 1. The lowest BCUT2D eigenvalue weighted by Crippen LogP contribution is -2.34. The van der Waals surface area contributed by atoms with E-state index in [1.165, 1.54) is 0 Å². The molecule has 98 valence electrons. The van der Waals surface area contributed by atoms with Crippen molar-refractivity contribution in [3.05, 3.63) is 41.2 Å². The maximum absolute atomic E-state index is 12.3. The van der Waals surface area contributed by atoms with Crippen LogP contribution < -0.4 is 0 Å². The van der Waals surface area contributed by atoms with Crippen molar-refractivity contribution in [2.45, 2.75) is 6.92 Å². The molecular formula is C13H17ClN2O2. The molecule has 0 radical (unpaired) electrons. The van der Waals surface area contributed by atoms with Crippen LogP contribution in [0.2, 0.25) is 5.15 Å². The Morgan fingerprint density at radius 1 is 1.61 bits per heavy atom. The Hall–Kier alpha value is -1.39. The van der Waals surface area contributed by atoms with E-state index < -0.39 is 0 Å². The highest BCUT2D eigenvalue weighted by molar-refractivity contribution is 6.29. The maximum Gasteiger partial charge on any atom is 0.254 e. The quantitative estimate of drug-likeness (QED) is 0.587. The van der Waals surface area contributed by atoms with Gasteiger partial charge in [0.25, 0.3) is 5.91 Å². The number of hydrogen-bond donors (Lipinski definition) is 0. The molecule has 1 heterocycles. The number of nitrogens with zero attached hydrogens (tertiary/aromatic N) is 2. The van der Waals surface area contributed by atoms with E-state index in [1.54, 1.807) is 37.1 Å². The Morgan fingerprint density at radius 2 is 2.33 bits per heavy atom. The Bertz CT molecular complexity index is 415. The molecule has 4 nitrogen and oxygen atoms in total. The number of hydrogen-bond acceptors (Lipinski definition) is 3. The number of aryl methyl sites for hydroxylation is 1. The van der Waals surface area contributed by atoms with Gasteiger partial charge in [-0.25, -0.2) is 4.98 Å². The number of methoxy groups -OCH3 is 1. The Morgan fingerprint density at radius 3 is 2.89 bits per heavy atom. The van der Waals surface area contributed by atoms with E-state index >= 15 is 0 Å². The number of halogens is 1. The zero-order valence-corrected chi connectivity index (χ0v) is 11.4. The highest BCUT2D eigenvalue weighted by Gasteiger charge is 2.15. The van der Waals surface area contributed by atoms with E-state index in [4.69, 9.17) is 16.3 Å². The van der Waals surface area contributed by atoms with Crippen LogP contribution in [0.25, 0.3) is 0 Å². The molecule has 5 heteroatoms. The second-order valence-corrected chi connectivity index (χ2v) is 4.24. The summed E-state index contributed by atoms with van der Waals surface area (Å²) in [5, 5.41) is 0.323. The first-order valence-electron chi connectivity index (χ1n) is 5.61. The van der Waals surface area contributed by atoms with Crippen LogP contribution in [-0.4, -0.2) is 42.6 Å². The van der Waals surface area contributed by atoms with Gasteiger partial charge in [0.05, 0.1) is 6.61 Å². The molecule has 1 amide bonds. The van der Waals surface area contributed by atoms with Gasteiger partial charge >= 0.3 is 0 Å². The van der Waals surface area contributed by atoms with Gasteiger partial charge in [0.2, 0.25) is 0 Å². The third-order valence-electron chi connectivity index (χ3n) is 2.37. The average Bonchev–Trinajstić information content (AvgIpc) is 2.32. The smallest absolute Gasteiger partial charge is 0.254 e. The van der Waals surface area contributed by atoms with Crippen molar-refractivity contribution in [2.24, 2.45) is 0 Å². The Labute approximate surface area is 112 Å². The van der Waals surface area contributed by atoms with Crippen molar-refractivity contribution in [1.82, 2.24) is 9.88 Å². The average molecular weight is 269 g/mol. The molecule has 0 saturated carbocycles. The first kappa shape index (κ1) is 14.7. The van der Waals surface area contributed by atoms with Gasteiger partial charge in [-0.1, -0.05) is 17.7 Å². The second kappa shape index (κ2) is 7.13. The van der Waals surface area contributed by atoms with Crippen molar-refractivity contribution in [3.8, 4) is 0 Å². The van der Waals surface area contributed by atoms with Crippen LogP contribution >= 0.6 is 11.6 Å². The normalized spacial score (nSPS) is 10.2. The van der Waals surface area contributed by atoms with E-state index in [-0.39, 0.29) is 5.91 Å². The highest BCUT2D eigenvalue weighted by atomic mass is 35.5. The molecule has 0 spiro atoms. The molecule has 0 aliphatic heterocycles. The predicted octanol–water partition coefficient (Wildman–Crippen LogP) is 2.32. The number of rotatable bonds is 6. The van der Waals surface area contributed by atoms with Crippen molar-refractivity contribution in [3.63, 3.8) is 0 Å². The van der Waals surface area contributed by atoms with Crippen molar-refractivity contribution >= 4 is 17.5 Å². The van der Waals surface area contributed by atoms with E-state index in [0.717, 1.165) is 5.69 Å². The first-order valence-corrected chi connectivity index (χ1v) is 5.99. The van der Waals surface area contributed by atoms with E-state index in [9.17, 15) is 4.79 Å². The second-order valence-electron chi connectivity index (χ2n) is 3.85. The molecule has 0 atom stereocenters. The van der Waals surface area contributed by atoms with E-state index in [2.05, 4.69) is 11.6 Å². The number of pyridine rings is 1. The minimum absolute atomic E-state index is 0.0978. The molecule has 18 heavy (non-hydrogen) atoms. The van der Waals surface area contributed by atoms with Crippen LogP contribution in [0.4, 0.5) is 0 Å². The third-order valence-corrected chi connectivity index (χ3v) is 2.56. The number of ether oxygens (including phenoxy) is 1. The van der Waals surface area contributed by atoms with Crippen LogP contribution in [0.3, 0.4) is 0 Å². The molecule has 1 aromatic heterocycles. The van der Waals surface area contributed by atoms with E-state index in [1.807, 2.05) is 0 Å². The van der Waals surface area contributed by atoms with Crippen LogP contribution in [0.15, 0.2) is 24.8 Å². The zero-order chi connectivity index (χ0) is 13.5. The molecule has 0 N–H and O–H groups in total. The fraction of sp³-hybridized carbons (Fsp3) is 0.385. The molecule has 0 aromatic carbocycles. The molecule has 0 saturated heterocycles. The number of amides is 1. The largest absolute Gasteiger partial charge is 0.383 e. The monoisotopic (exact) mass is 268 g/mol. The topological polar surface area (TPSA) is 42.4 Å². The Balaban J connectivity index is 2.89. The van der Waals surface area contributed by atoms with Gasteiger partial charge in [-0.3, -0.25) is 4.79 Å². The molecular weight excluding hydrogens is 252 g/mol. The lowest BCUT2D eigenvalue weighted by Gasteiger charge is -2.20. The molecule has 0 unspecified atom stereocenters. The fourth-order valence-electron chi connectivity index (χ4n) is 1.57. The van der Waals surface area contributed by atoms with Gasteiger partial charge in [-0.2, -0.15) is 0 Å². The minimum atomic E-state index is -0.0978. The van der Waals surface area contributed by atoms with Gasteiger partial charge in [-0.05, 0) is 19.1 Å². The summed E-state index contributed by atoms with van der Waals surface area (Å²) in [6, 6.07) is 3.29. The van der Waals surface area contributed by atoms with Gasteiger partial charge in [0, 0.05) is 31.5 Å². The van der Waals surface area contributed by atoms with Crippen LogP contribution in [0, 0.1) is 6.92 Å². The predicted molar refractivity (Wildman–Crippen MR) is 72.0 cm³/mol. The van der Waals surface area contributed by atoms with Gasteiger partial charge in [0.15, 0.2) is 0 Å². The summed E-state index contributed by atoms with van der Waals surface area (Å²) in [6.45, 7) is 6.92.